The maximum absolute atomic E-state index is 11.0. The zero-order valence-electron chi connectivity index (χ0n) is 16.4. The van der Waals surface area contributed by atoms with Gasteiger partial charge in [-0.25, -0.2) is 0 Å². The minimum absolute atomic E-state index is 0.705. The van der Waals surface area contributed by atoms with Crippen LogP contribution in [0.4, 0.5) is 0 Å². The molecule has 2 aromatic heterocycles. The van der Waals surface area contributed by atoms with E-state index in [1.165, 1.54) is 16.0 Å². The molecule has 1 saturated heterocycles. The van der Waals surface area contributed by atoms with Crippen LogP contribution in [0.1, 0.15) is 29.0 Å². The molecule has 0 radical (unpaired) electrons. The van der Waals surface area contributed by atoms with Gasteiger partial charge >= 0.3 is 0 Å². The van der Waals surface area contributed by atoms with Crippen molar-refractivity contribution in [3.8, 4) is 16.9 Å². The molecule has 146 valence electrons. The summed E-state index contributed by atoms with van der Waals surface area (Å²) in [5.41, 5.74) is 3.60. The maximum atomic E-state index is 11.0. The first-order chi connectivity index (χ1) is 13.6. The molecule has 3 heterocycles. The van der Waals surface area contributed by atoms with Crippen LogP contribution in [0.2, 0.25) is 0 Å². The van der Waals surface area contributed by atoms with Gasteiger partial charge in [0, 0.05) is 36.3 Å². The van der Waals surface area contributed by atoms with Crippen molar-refractivity contribution >= 4 is 11.3 Å². The fraction of sp³-hybridized carbons (Fsp3) is 0.348. The number of hydrogen-bond donors (Lipinski definition) is 1. The Labute approximate surface area is 170 Å². The fourth-order valence-electron chi connectivity index (χ4n) is 3.90. The van der Waals surface area contributed by atoms with Crippen LogP contribution in [0.3, 0.4) is 0 Å². The monoisotopic (exact) mass is 394 g/mol. The minimum Gasteiger partial charge on any atom is -0.496 e. The van der Waals surface area contributed by atoms with Crippen LogP contribution in [0.25, 0.3) is 11.1 Å². The second kappa shape index (κ2) is 8.03. The third-order valence-corrected chi connectivity index (χ3v) is 6.40. The van der Waals surface area contributed by atoms with Gasteiger partial charge in [0.1, 0.15) is 11.4 Å². The molecular weight excluding hydrogens is 368 g/mol. The van der Waals surface area contributed by atoms with Gasteiger partial charge in [0.15, 0.2) is 0 Å². The minimum atomic E-state index is -0.808. The second-order valence-electron chi connectivity index (χ2n) is 7.50. The summed E-state index contributed by atoms with van der Waals surface area (Å²) in [4.78, 5) is 8.07. The Hall–Kier alpha value is -2.21. The molecule has 1 aliphatic rings. The summed E-state index contributed by atoms with van der Waals surface area (Å²) in [6, 6.07) is 14.4. The van der Waals surface area contributed by atoms with Crippen molar-refractivity contribution in [3.63, 3.8) is 0 Å². The van der Waals surface area contributed by atoms with Gasteiger partial charge in [0.2, 0.25) is 0 Å². The SMILES string of the molecule is COc1ccc(CN2CCC(O)(c3ccccn3)CC2)cc1-c1csc(C)c1. The van der Waals surface area contributed by atoms with Crippen molar-refractivity contribution in [1.29, 1.82) is 0 Å². The molecule has 0 unspecified atom stereocenters. The third-order valence-electron chi connectivity index (χ3n) is 5.54. The average Bonchev–Trinajstić information content (AvgIpc) is 3.17. The number of pyridine rings is 1. The lowest BCUT2D eigenvalue weighted by Gasteiger charge is -2.37. The molecule has 28 heavy (non-hydrogen) atoms. The van der Waals surface area contributed by atoms with Crippen LogP contribution >= 0.6 is 11.3 Å². The normalized spacial score (nSPS) is 16.8. The Kier molecular flexibility index (Phi) is 5.49. The Morgan fingerprint density at radius 3 is 2.64 bits per heavy atom. The smallest absolute Gasteiger partial charge is 0.126 e. The molecule has 0 aliphatic carbocycles. The summed E-state index contributed by atoms with van der Waals surface area (Å²) in [7, 11) is 1.72. The molecule has 4 nitrogen and oxygen atoms in total. The zero-order valence-corrected chi connectivity index (χ0v) is 17.2. The number of aryl methyl sites for hydroxylation is 1. The number of ether oxygens (including phenoxy) is 1. The molecule has 1 fully saturated rings. The van der Waals surface area contributed by atoms with Gasteiger partial charge in [-0.2, -0.15) is 0 Å². The van der Waals surface area contributed by atoms with Gasteiger partial charge in [0.25, 0.3) is 0 Å². The van der Waals surface area contributed by atoms with E-state index in [1.807, 2.05) is 18.2 Å². The molecule has 0 spiro atoms. The number of benzene rings is 1. The lowest BCUT2D eigenvalue weighted by atomic mass is 9.87. The highest BCUT2D eigenvalue weighted by Crippen LogP contribution is 2.35. The number of aliphatic hydroxyl groups is 1. The molecule has 4 rings (SSSR count). The topological polar surface area (TPSA) is 45.6 Å². The van der Waals surface area contributed by atoms with E-state index in [2.05, 4.69) is 46.5 Å². The summed E-state index contributed by atoms with van der Waals surface area (Å²) in [5, 5.41) is 13.2. The van der Waals surface area contributed by atoms with E-state index in [0.717, 1.165) is 36.6 Å². The van der Waals surface area contributed by atoms with Crippen LogP contribution < -0.4 is 4.74 Å². The molecule has 0 atom stereocenters. The van der Waals surface area contributed by atoms with Gasteiger partial charge in [-0.3, -0.25) is 9.88 Å². The number of piperidine rings is 1. The van der Waals surface area contributed by atoms with Crippen molar-refractivity contribution in [2.45, 2.75) is 31.9 Å². The van der Waals surface area contributed by atoms with Crippen LogP contribution in [0, 0.1) is 6.92 Å². The molecule has 5 heteroatoms. The molecular formula is C23H26N2O2S. The second-order valence-corrected chi connectivity index (χ2v) is 8.62. The lowest BCUT2D eigenvalue weighted by Crippen LogP contribution is -2.42. The van der Waals surface area contributed by atoms with Crippen molar-refractivity contribution < 1.29 is 9.84 Å². The highest BCUT2D eigenvalue weighted by Gasteiger charge is 2.35. The first-order valence-electron chi connectivity index (χ1n) is 9.66. The third kappa shape index (κ3) is 3.97. The molecule has 0 saturated carbocycles. The molecule has 1 N–H and O–H groups in total. The van der Waals surface area contributed by atoms with Crippen molar-refractivity contribution in [1.82, 2.24) is 9.88 Å². The zero-order chi connectivity index (χ0) is 19.6. The van der Waals surface area contributed by atoms with Crippen LogP contribution in [-0.2, 0) is 12.1 Å². The summed E-state index contributed by atoms with van der Waals surface area (Å²) in [6.07, 6.45) is 3.16. The van der Waals surface area contributed by atoms with E-state index in [-0.39, 0.29) is 0 Å². The number of rotatable bonds is 5. The van der Waals surface area contributed by atoms with Crippen LogP contribution in [0.5, 0.6) is 5.75 Å². The summed E-state index contributed by atoms with van der Waals surface area (Å²) < 4.78 is 5.58. The van der Waals surface area contributed by atoms with E-state index >= 15 is 0 Å². The maximum Gasteiger partial charge on any atom is 0.126 e. The summed E-state index contributed by atoms with van der Waals surface area (Å²) in [6.45, 7) is 4.71. The average molecular weight is 395 g/mol. The summed E-state index contributed by atoms with van der Waals surface area (Å²) >= 11 is 1.76. The van der Waals surface area contributed by atoms with E-state index in [1.54, 1.807) is 24.6 Å². The standard InChI is InChI=1S/C23H26N2O2S/c1-17-13-19(16-28-17)20-14-18(6-7-21(20)27-2)15-25-11-8-23(26,9-12-25)22-5-3-4-10-24-22/h3-7,10,13-14,16,26H,8-9,11-12,15H2,1-2H3. The van der Waals surface area contributed by atoms with Crippen molar-refractivity contribution in [3.05, 3.63) is 70.2 Å². The molecule has 3 aromatic rings. The van der Waals surface area contributed by atoms with Gasteiger partial charge < -0.3 is 9.84 Å². The van der Waals surface area contributed by atoms with Crippen LogP contribution in [-0.4, -0.2) is 35.2 Å². The lowest BCUT2D eigenvalue weighted by molar-refractivity contribution is -0.0311. The molecule has 0 bridgehead atoms. The van der Waals surface area contributed by atoms with E-state index in [9.17, 15) is 5.11 Å². The van der Waals surface area contributed by atoms with Gasteiger partial charge in [-0.1, -0.05) is 12.1 Å². The Balaban J connectivity index is 1.47. The quantitative estimate of drug-likeness (QED) is 0.686. The summed E-state index contributed by atoms with van der Waals surface area (Å²) in [5.74, 6) is 0.907. The molecule has 0 amide bonds. The number of thiophene rings is 1. The van der Waals surface area contributed by atoms with E-state index in [0.29, 0.717) is 12.8 Å². The number of aromatic nitrogens is 1. The Bertz CT molecular complexity index is 931. The number of nitrogens with zero attached hydrogens (tertiary/aromatic N) is 2. The Morgan fingerprint density at radius 2 is 2.00 bits per heavy atom. The number of methoxy groups -OCH3 is 1. The molecule has 1 aliphatic heterocycles. The number of hydrogen-bond acceptors (Lipinski definition) is 5. The number of likely N-dealkylation sites (tertiary alicyclic amines) is 1. The fourth-order valence-corrected chi connectivity index (χ4v) is 4.60. The van der Waals surface area contributed by atoms with Gasteiger partial charge in [-0.15, -0.1) is 11.3 Å². The predicted octanol–water partition coefficient (Wildman–Crippen LogP) is 4.61. The van der Waals surface area contributed by atoms with E-state index in [4.69, 9.17) is 4.74 Å². The predicted molar refractivity (Wildman–Crippen MR) is 114 cm³/mol. The van der Waals surface area contributed by atoms with Crippen molar-refractivity contribution in [2.75, 3.05) is 20.2 Å². The largest absolute Gasteiger partial charge is 0.496 e. The van der Waals surface area contributed by atoms with Gasteiger partial charge in [0.05, 0.1) is 12.8 Å². The first-order valence-corrected chi connectivity index (χ1v) is 10.5. The van der Waals surface area contributed by atoms with Gasteiger partial charge in [-0.05, 0) is 66.6 Å². The highest BCUT2D eigenvalue weighted by atomic mass is 32.1. The van der Waals surface area contributed by atoms with Crippen LogP contribution in [0.15, 0.2) is 54.0 Å². The van der Waals surface area contributed by atoms with E-state index < -0.39 is 5.60 Å². The molecule has 1 aromatic carbocycles. The Morgan fingerprint density at radius 1 is 1.18 bits per heavy atom. The first kappa shape index (κ1) is 19.1. The van der Waals surface area contributed by atoms with Crippen molar-refractivity contribution in [2.24, 2.45) is 0 Å². The highest BCUT2D eigenvalue weighted by molar-refractivity contribution is 7.10.